The Morgan fingerprint density at radius 3 is 1.44 bits per heavy atom. The van der Waals surface area contributed by atoms with Crippen molar-refractivity contribution in [1.82, 2.24) is 0 Å². The Morgan fingerprint density at radius 2 is 1.07 bits per heavy atom. The monoisotopic (exact) mass is 646 g/mol. The number of phenolic OH excluding ortho intramolecular Hbond substituents is 1. The van der Waals surface area contributed by atoms with Crippen molar-refractivity contribution in [2.24, 2.45) is 0 Å². The first kappa shape index (κ1) is 36.7. The Kier molecular flexibility index (Phi) is 17.5. The van der Waals surface area contributed by atoms with E-state index in [0.29, 0.717) is 17.7 Å². The highest BCUT2D eigenvalue weighted by atomic mass is 79.9. The largest absolute Gasteiger partial charge is 0.508 e. The number of hydrogen-bond acceptors (Lipinski definition) is 6. The van der Waals surface area contributed by atoms with Crippen LogP contribution in [0.4, 0.5) is 0 Å². The van der Waals surface area contributed by atoms with Crippen molar-refractivity contribution in [2.75, 3.05) is 6.61 Å². The van der Waals surface area contributed by atoms with E-state index in [0.717, 1.165) is 16.5 Å². The molecule has 0 fully saturated rings. The molecule has 0 atom stereocenters. The molecule has 0 aromatic heterocycles. The van der Waals surface area contributed by atoms with Gasteiger partial charge < -0.3 is 9.84 Å². The zero-order valence-electron chi connectivity index (χ0n) is 25.3. The number of aromatic hydroxyl groups is 1. The summed E-state index contributed by atoms with van der Waals surface area (Å²) in [6.07, 6.45) is -0.184. The number of benzene rings is 4. The standard InChI is InChI=1S/C12H14O3.C9H10O.C8H8O2.C7H7Br/c1-3-15-12(14)8-11(13)10-6-4-9(2)5-7-10;1-7-3-5-9(6-4-7)8(2)10;1-6(9)7-2-4-8(10)5-3-7;8-6-7-4-2-1-3-5-7/h4-7H,3,8H2,1-2H3;3-6H,1-2H3;2-5,10H,1H3;1-5H,6H2. The third-order valence-corrected chi connectivity index (χ3v) is 6.36. The maximum Gasteiger partial charge on any atom is 0.313 e. The van der Waals surface area contributed by atoms with Crippen LogP contribution in [-0.2, 0) is 14.9 Å². The number of hydrogen-bond donors (Lipinski definition) is 1. The predicted octanol–water partition coefficient (Wildman–Crippen LogP) is 8.50. The summed E-state index contributed by atoms with van der Waals surface area (Å²) in [4.78, 5) is 44.0. The maximum atomic E-state index is 11.5. The van der Waals surface area contributed by atoms with Gasteiger partial charge in [-0.2, -0.15) is 0 Å². The first-order chi connectivity index (χ1) is 20.5. The summed E-state index contributed by atoms with van der Waals surface area (Å²) in [5, 5.41) is 9.78. The number of ether oxygens (including phenoxy) is 1. The number of ketones is 3. The number of aryl methyl sites for hydroxylation is 2. The van der Waals surface area contributed by atoms with E-state index in [-0.39, 0.29) is 29.5 Å². The average Bonchev–Trinajstić information content (AvgIpc) is 2.99. The molecule has 0 saturated heterocycles. The van der Waals surface area contributed by atoms with Gasteiger partial charge in [-0.1, -0.05) is 106 Å². The fourth-order valence-electron chi connectivity index (χ4n) is 3.24. The second kappa shape index (κ2) is 20.5. The molecular formula is C36H39BrO6. The van der Waals surface area contributed by atoms with Crippen molar-refractivity contribution in [2.45, 2.75) is 46.4 Å². The van der Waals surface area contributed by atoms with Crippen molar-refractivity contribution in [3.63, 3.8) is 0 Å². The van der Waals surface area contributed by atoms with Gasteiger partial charge >= 0.3 is 5.97 Å². The summed E-state index contributed by atoms with van der Waals surface area (Å²) in [6.45, 7) is 9.04. The van der Waals surface area contributed by atoms with Crippen LogP contribution in [0.25, 0.3) is 0 Å². The number of carbonyl (C=O) groups excluding carboxylic acids is 4. The number of Topliss-reactive ketones (excluding diaryl/α,β-unsaturated/α-hetero) is 3. The SMILES string of the molecule is BrCc1ccccc1.CC(=O)c1ccc(C)cc1.CC(=O)c1ccc(O)cc1.CCOC(=O)CC(=O)c1ccc(C)cc1. The highest BCUT2D eigenvalue weighted by Gasteiger charge is 2.11. The zero-order chi connectivity index (χ0) is 32.2. The number of phenols is 1. The summed E-state index contributed by atoms with van der Waals surface area (Å²) in [6, 6.07) is 31.2. The molecule has 0 amide bonds. The molecule has 0 spiro atoms. The van der Waals surface area contributed by atoms with Crippen LogP contribution in [0.15, 0.2) is 103 Å². The first-order valence-corrected chi connectivity index (χ1v) is 14.8. The van der Waals surface area contributed by atoms with Gasteiger partial charge in [-0.25, -0.2) is 0 Å². The van der Waals surface area contributed by atoms with Crippen LogP contribution >= 0.6 is 15.9 Å². The Morgan fingerprint density at radius 1 is 0.651 bits per heavy atom. The second-order valence-corrected chi connectivity index (χ2v) is 9.98. The van der Waals surface area contributed by atoms with E-state index >= 15 is 0 Å². The molecule has 4 aromatic carbocycles. The molecule has 0 bridgehead atoms. The maximum absolute atomic E-state index is 11.5. The van der Waals surface area contributed by atoms with Crippen LogP contribution in [0.3, 0.4) is 0 Å². The lowest BCUT2D eigenvalue weighted by molar-refractivity contribution is -0.141. The van der Waals surface area contributed by atoms with Crippen LogP contribution in [0.2, 0.25) is 0 Å². The Balaban J connectivity index is 0.000000295. The summed E-state index contributed by atoms with van der Waals surface area (Å²) in [7, 11) is 0. The molecule has 7 heteroatoms. The van der Waals surface area contributed by atoms with Crippen molar-refractivity contribution >= 4 is 39.2 Å². The summed E-state index contributed by atoms with van der Waals surface area (Å²) >= 11 is 3.36. The summed E-state index contributed by atoms with van der Waals surface area (Å²) in [5.74, 6) is -0.346. The van der Waals surface area contributed by atoms with Gasteiger partial charge in [0.1, 0.15) is 12.2 Å². The molecule has 0 unspecified atom stereocenters. The smallest absolute Gasteiger partial charge is 0.313 e. The fraction of sp³-hybridized carbons (Fsp3) is 0.222. The van der Waals surface area contributed by atoms with Crippen LogP contribution < -0.4 is 0 Å². The highest BCUT2D eigenvalue weighted by molar-refractivity contribution is 9.08. The minimum Gasteiger partial charge on any atom is -0.508 e. The molecule has 0 aliphatic heterocycles. The van der Waals surface area contributed by atoms with Crippen molar-refractivity contribution < 1.29 is 29.0 Å². The molecule has 226 valence electrons. The van der Waals surface area contributed by atoms with Gasteiger partial charge in [-0.3, -0.25) is 19.2 Å². The van der Waals surface area contributed by atoms with Crippen LogP contribution in [-0.4, -0.2) is 35.0 Å². The predicted molar refractivity (Wildman–Crippen MR) is 175 cm³/mol. The molecule has 6 nitrogen and oxygen atoms in total. The summed E-state index contributed by atoms with van der Waals surface area (Å²) < 4.78 is 4.70. The van der Waals surface area contributed by atoms with Gasteiger partial charge in [0.2, 0.25) is 0 Å². The fourth-order valence-corrected chi connectivity index (χ4v) is 3.61. The molecule has 43 heavy (non-hydrogen) atoms. The summed E-state index contributed by atoms with van der Waals surface area (Å²) in [5.41, 5.74) is 5.55. The van der Waals surface area contributed by atoms with E-state index in [1.807, 2.05) is 68.4 Å². The average molecular weight is 648 g/mol. The Labute approximate surface area is 262 Å². The van der Waals surface area contributed by atoms with Crippen LogP contribution in [0, 0.1) is 13.8 Å². The minimum atomic E-state index is -0.469. The number of alkyl halides is 1. The second-order valence-electron chi connectivity index (χ2n) is 9.42. The van der Waals surface area contributed by atoms with Crippen LogP contribution in [0.5, 0.6) is 5.75 Å². The van der Waals surface area contributed by atoms with Gasteiger partial charge in [0.05, 0.1) is 6.61 Å². The van der Waals surface area contributed by atoms with E-state index in [4.69, 9.17) is 9.84 Å². The Bertz CT molecular complexity index is 1360. The topological polar surface area (TPSA) is 97.7 Å². The molecule has 0 heterocycles. The number of rotatable bonds is 7. The highest BCUT2D eigenvalue weighted by Crippen LogP contribution is 2.10. The molecule has 1 N–H and O–H groups in total. The first-order valence-electron chi connectivity index (χ1n) is 13.7. The lowest BCUT2D eigenvalue weighted by Crippen LogP contribution is -2.11. The number of halogens is 1. The third-order valence-electron chi connectivity index (χ3n) is 5.71. The molecule has 0 radical (unpaired) electrons. The van der Waals surface area contributed by atoms with Gasteiger partial charge in [-0.05, 0) is 64.4 Å². The van der Waals surface area contributed by atoms with Crippen molar-refractivity contribution in [3.8, 4) is 5.75 Å². The third kappa shape index (κ3) is 16.0. The lowest BCUT2D eigenvalue weighted by atomic mass is 10.1. The van der Waals surface area contributed by atoms with Crippen LogP contribution in [0.1, 0.15) is 75.0 Å². The quantitative estimate of drug-likeness (QED) is 0.0935. The Hall–Kier alpha value is -4.36. The zero-order valence-corrected chi connectivity index (χ0v) is 26.9. The van der Waals surface area contributed by atoms with Gasteiger partial charge in [0.25, 0.3) is 0 Å². The molecule has 4 rings (SSSR count). The molecule has 0 saturated carbocycles. The van der Waals surface area contributed by atoms with Crippen molar-refractivity contribution in [3.05, 3.63) is 137 Å². The number of esters is 1. The molecule has 0 aliphatic rings. The normalized spacial score (nSPS) is 9.44. The lowest BCUT2D eigenvalue weighted by Gasteiger charge is -2.01. The minimum absolute atomic E-state index is 0.0139. The van der Waals surface area contributed by atoms with E-state index < -0.39 is 5.97 Å². The molecule has 4 aromatic rings. The van der Waals surface area contributed by atoms with Gasteiger partial charge in [0, 0.05) is 22.0 Å². The van der Waals surface area contributed by atoms with E-state index in [2.05, 4.69) is 28.1 Å². The van der Waals surface area contributed by atoms with Crippen molar-refractivity contribution in [1.29, 1.82) is 0 Å². The van der Waals surface area contributed by atoms with E-state index in [1.165, 1.54) is 30.2 Å². The van der Waals surface area contributed by atoms with Gasteiger partial charge in [-0.15, -0.1) is 0 Å². The molecular weight excluding hydrogens is 608 g/mol. The number of carbonyl (C=O) groups is 4. The van der Waals surface area contributed by atoms with E-state index in [9.17, 15) is 19.2 Å². The molecule has 0 aliphatic carbocycles. The van der Waals surface area contributed by atoms with E-state index in [1.54, 1.807) is 38.1 Å². The van der Waals surface area contributed by atoms with Gasteiger partial charge in [0.15, 0.2) is 17.3 Å².